The standard InChI is InChI=1S/C8H12O3S/c1-4-8(3)6-12(9,10)11-5-7(8)2/h1,7H,5-6H2,2-3H3. The van der Waals surface area contributed by atoms with Crippen LogP contribution in [0.3, 0.4) is 0 Å². The van der Waals surface area contributed by atoms with Crippen LogP contribution < -0.4 is 0 Å². The number of hydrogen-bond acceptors (Lipinski definition) is 3. The highest BCUT2D eigenvalue weighted by Gasteiger charge is 2.40. The van der Waals surface area contributed by atoms with Crippen LogP contribution >= 0.6 is 0 Å². The van der Waals surface area contributed by atoms with Gasteiger partial charge in [0, 0.05) is 5.41 Å². The van der Waals surface area contributed by atoms with E-state index in [1.807, 2.05) is 6.92 Å². The molecule has 4 heteroatoms. The summed E-state index contributed by atoms with van der Waals surface area (Å²) in [5.41, 5.74) is -0.572. The van der Waals surface area contributed by atoms with Gasteiger partial charge in [-0.15, -0.1) is 6.42 Å². The Hall–Kier alpha value is -0.530. The summed E-state index contributed by atoms with van der Waals surface area (Å²) in [5.74, 6) is 2.54. The second-order valence-corrected chi connectivity index (χ2v) is 5.09. The zero-order valence-corrected chi connectivity index (χ0v) is 8.02. The molecule has 0 aliphatic carbocycles. The van der Waals surface area contributed by atoms with Crippen molar-refractivity contribution in [1.29, 1.82) is 0 Å². The second-order valence-electron chi connectivity index (χ2n) is 3.45. The summed E-state index contributed by atoms with van der Waals surface area (Å²) < 4.78 is 26.8. The molecule has 1 heterocycles. The fraction of sp³-hybridized carbons (Fsp3) is 0.750. The van der Waals surface area contributed by atoms with Gasteiger partial charge in [-0.25, -0.2) is 0 Å². The predicted octanol–water partition coefficient (Wildman–Crippen LogP) is 0.622. The molecule has 0 bridgehead atoms. The van der Waals surface area contributed by atoms with Crippen molar-refractivity contribution in [3.05, 3.63) is 0 Å². The van der Waals surface area contributed by atoms with Crippen LogP contribution in [0.2, 0.25) is 0 Å². The predicted molar refractivity (Wildman–Crippen MR) is 45.8 cm³/mol. The molecule has 1 aliphatic rings. The Bertz CT molecular complexity index is 312. The van der Waals surface area contributed by atoms with Crippen LogP contribution in [-0.2, 0) is 14.3 Å². The largest absolute Gasteiger partial charge is 0.270 e. The Morgan fingerprint density at radius 1 is 1.67 bits per heavy atom. The third-order valence-electron chi connectivity index (χ3n) is 2.39. The zero-order valence-electron chi connectivity index (χ0n) is 7.20. The van der Waals surface area contributed by atoms with Crippen LogP contribution in [0, 0.1) is 23.7 Å². The highest BCUT2D eigenvalue weighted by Crippen LogP contribution is 2.33. The summed E-state index contributed by atoms with van der Waals surface area (Å²) in [5, 5.41) is 0. The first-order valence-electron chi connectivity index (χ1n) is 3.74. The maximum Gasteiger partial charge on any atom is 0.268 e. The van der Waals surface area contributed by atoms with Crippen LogP contribution in [0.25, 0.3) is 0 Å². The molecule has 3 nitrogen and oxygen atoms in total. The van der Waals surface area contributed by atoms with E-state index >= 15 is 0 Å². The third kappa shape index (κ3) is 1.62. The maximum atomic E-state index is 11.1. The van der Waals surface area contributed by atoms with E-state index in [1.165, 1.54) is 0 Å². The quantitative estimate of drug-likeness (QED) is 0.413. The van der Waals surface area contributed by atoms with Crippen molar-refractivity contribution in [3.8, 4) is 12.3 Å². The van der Waals surface area contributed by atoms with Gasteiger partial charge in [0.25, 0.3) is 10.1 Å². The van der Waals surface area contributed by atoms with E-state index in [1.54, 1.807) is 6.92 Å². The fourth-order valence-electron chi connectivity index (χ4n) is 1.12. The van der Waals surface area contributed by atoms with Crippen molar-refractivity contribution < 1.29 is 12.6 Å². The van der Waals surface area contributed by atoms with Gasteiger partial charge in [-0.3, -0.25) is 4.18 Å². The van der Waals surface area contributed by atoms with Gasteiger partial charge in [0.15, 0.2) is 0 Å². The molecule has 0 radical (unpaired) electrons. The fourth-order valence-corrected chi connectivity index (χ4v) is 2.72. The minimum absolute atomic E-state index is 0.0718. The Morgan fingerprint density at radius 2 is 2.25 bits per heavy atom. The summed E-state index contributed by atoms with van der Waals surface area (Å²) in [4.78, 5) is 0. The molecule has 2 atom stereocenters. The van der Waals surface area contributed by atoms with E-state index in [-0.39, 0.29) is 18.3 Å². The lowest BCUT2D eigenvalue weighted by molar-refractivity contribution is 0.162. The summed E-state index contributed by atoms with van der Waals surface area (Å²) in [6.45, 7) is 3.87. The van der Waals surface area contributed by atoms with Gasteiger partial charge in [-0.1, -0.05) is 12.8 Å². The molecule has 1 saturated heterocycles. The summed E-state index contributed by atoms with van der Waals surface area (Å²) in [7, 11) is -3.38. The summed E-state index contributed by atoms with van der Waals surface area (Å²) >= 11 is 0. The molecule has 2 unspecified atom stereocenters. The number of hydrogen-bond donors (Lipinski definition) is 0. The molecule has 0 N–H and O–H groups in total. The molecular formula is C8H12O3S. The van der Waals surface area contributed by atoms with Crippen molar-refractivity contribution in [2.75, 3.05) is 12.4 Å². The van der Waals surface area contributed by atoms with Gasteiger partial charge in [0.2, 0.25) is 0 Å². The topological polar surface area (TPSA) is 43.4 Å². The maximum absolute atomic E-state index is 11.1. The monoisotopic (exact) mass is 188 g/mol. The molecule has 0 spiro atoms. The van der Waals surface area contributed by atoms with Gasteiger partial charge in [-0.05, 0) is 12.8 Å². The van der Waals surface area contributed by atoms with Crippen LogP contribution in [-0.4, -0.2) is 20.8 Å². The zero-order chi connectivity index (χ0) is 9.41. The third-order valence-corrected chi connectivity index (χ3v) is 3.84. The Balaban J connectivity index is 2.96. The van der Waals surface area contributed by atoms with Crippen molar-refractivity contribution in [2.45, 2.75) is 13.8 Å². The van der Waals surface area contributed by atoms with E-state index in [0.29, 0.717) is 0 Å². The molecule has 0 aromatic heterocycles. The van der Waals surface area contributed by atoms with Crippen molar-refractivity contribution in [3.63, 3.8) is 0 Å². The van der Waals surface area contributed by atoms with E-state index < -0.39 is 15.5 Å². The number of terminal acetylenes is 1. The highest BCUT2D eigenvalue weighted by molar-refractivity contribution is 7.86. The summed E-state index contributed by atoms with van der Waals surface area (Å²) in [6.07, 6.45) is 5.28. The SMILES string of the molecule is C#CC1(C)CS(=O)(=O)OCC1C. The highest BCUT2D eigenvalue weighted by atomic mass is 32.2. The van der Waals surface area contributed by atoms with Gasteiger partial charge in [0.1, 0.15) is 0 Å². The van der Waals surface area contributed by atoms with Crippen molar-refractivity contribution >= 4 is 10.1 Å². The Kier molecular flexibility index (Phi) is 2.19. The minimum Gasteiger partial charge on any atom is -0.270 e. The van der Waals surface area contributed by atoms with Gasteiger partial charge in [0.05, 0.1) is 12.4 Å². The Labute approximate surface area is 73.2 Å². The first kappa shape index (κ1) is 9.56. The molecular weight excluding hydrogens is 176 g/mol. The first-order chi connectivity index (χ1) is 5.40. The lowest BCUT2D eigenvalue weighted by atomic mass is 9.81. The van der Waals surface area contributed by atoms with Gasteiger partial charge in [-0.2, -0.15) is 8.42 Å². The van der Waals surface area contributed by atoms with Crippen LogP contribution in [0.1, 0.15) is 13.8 Å². The molecule has 0 aromatic carbocycles. The lowest BCUT2D eigenvalue weighted by Gasteiger charge is -2.33. The van der Waals surface area contributed by atoms with E-state index in [4.69, 9.17) is 6.42 Å². The van der Waals surface area contributed by atoms with Crippen LogP contribution in [0.15, 0.2) is 0 Å². The van der Waals surface area contributed by atoms with Gasteiger partial charge < -0.3 is 0 Å². The molecule has 0 aromatic rings. The number of rotatable bonds is 0. The van der Waals surface area contributed by atoms with E-state index in [0.717, 1.165) is 0 Å². The Morgan fingerprint density at radius 3 is 2.67 bits per heavy atom. The first-order valence-corrected chi connectivity index (χ1v) is 5.32. The molecule has 12 heavy (non-hydrogen) atoms. The lowest BCUT2D eigenvalue weighted by Crippen LogP contribution is -2.40. The smallest absolute Gasteiger partial charge is 0.268 e. The molecule has 68 valence electrons. The van der Waals surface area contributed by atoms with Crippen molar-refractivity contribution in [2.24, 2.45) is 11.3 Å². The second kappa shape index (κ2) is 2.75. The molecule has 0 saturated carbocycles. The molecule has 0 amide bonds. The van der Waals surface area contributed by atoms with Gasteiger partial charge >= 0.3 is 0 Å². The molecule has 1 fully saturated rings. The van der Waals surface area contributed by atoms with E-state index in [9.17, 15) is 8.42 Å². The molecule has 1 aliphatic heterocycles. The summed E-state index contributed by atoms with van der Waals surface area (Å²) in [6, 6.07) is 0. The average Bonchev–Trinajstić information content (AvgIpc) is 1.97. The average molecular weight is 188 g/mol. The normalized spacial score (nSPS) is 40.2. The molecule has 1 rings (SSSR count). The van der Waals surface area contributed by atoms with Crippen molar-refractivity contribution in [1.82, 2.24) is 0 Å². The minimum atomic E-state index is -3.38. The van der Waals surface area contributed by atoms with Crippen LogP contribution in [0.4, 0.5) is 0 Å². The van der Waals surface area contributed by atoms with Crippen LogP contribution in [0.5, 0.6) is 0 Å². The van der Waals surface area contributed by atoms with E-state index in [2.05, 4.69) is 10.1 Å².